The molecule has 0 amide bonds. The Balaban J connectivity index is 1.63. The van der Waals surface area contributed by atoms with E-state index >= 15 is 0 Å². The average molecular weight is 352 g/mol. The summed E-state index contributed by atoms with van der Waals surface area (Å²) in [5.41, 5.74) is 4.73. The molecular formula is C18H16N4S2. The van der Waals surface area contributed by atoms with Gasteiger partial charge < -0.3 is 0 Å². The number of aromatic nitrogens is 4. The topological polar surface area (TPSA) is 43.1 Å². The van der Waals surface area contributed by atoms with Crippen LogP contribution in [-0.4, -0.2) is 19.8 Å². The Hall–Kier alpha value is -2.18. The van der Waals surface area contributed by atoms with Gasteiger partial charge >= 0.3 is 0 Å². The van der Waals surface area contributed by atoms with Crippen molar-refractivity contribution in [2.45, 2.75) is 24.6 Å². The van der Waals surface area contributed by atoms with E-state index in [1.165, 1.54) is 16.7 Å². The maximum Gasteiger partial charge on any atom is 0.195 e. The molecule has 0 saturated heterocycles. The van der Waals surface area contributed by atoms with Crippen LogP contribution in [0.5, 0.6) is 0 Å². The van der Waals surface area contributed by atoms with Crippen LogP contribution in [-0.2, 0) is 5.75 Å². The van der Waals surface area contributed by atoms with Crippen LogP contribution in [0.15, 0.2) is 52.9 Å². The fourth-order valence-corrected chi connectivity index (χ4v) is 4.13. The van der Waals surface area contributed by atoms with Crippen LogP contribution in [0.4, 0.5) is 0 Å². The van der Waals surface area contributed by atoms with E-state index in [0.29, 0.717) is 0 Å². The van der Waals surface area contributed by atoms with Crippen molar-refractivity contribution in [3.8, 4) is 10.7 Å². The van der Waals surface area contributed by atoms with Gasteiger partial charge in [-0.05, 0) is 48.6 Å². The molecule has 3 aromatic heterocycles. The van der Waals surface area contributed by atoms with Gasteiger partial charge in [0.25, 0.3) is 0 Å². The zero-order valence-corrected chi connectivity index (χ0v) is 15.1. The van der Waals surface area contributed by atoms with E-state index in [9.17, 15) is 0 Å². The normalized spacial score (nSPS) is 11.2. The lowest BCUT2D eigenvalue weighted by Crippen LogP contribution is -1.96. The standard InChI is InChI=1S/C18H16N4S2/c1-12-5-6-13(2)14(10-12)11-24-17-8-7-16-19-20-18(22(16)21-17)15-4-3-9-23-15/h3-10H,11H2,1-2H3. The molecule has 6 heteroatoms. The maximum atomic E-state index is 4.72. The highest BCUT2D eigenvalue weighted by atomic mass is 32.2. The summed E-state index contributed by atoms with van der Waals surface area (Å²) in [4.78, 5) is 1.08. The van der Waals surface area contributed by atoms with Crippen molar-refractivity contribution in [3.05, 3.63) is 64.5 Å². The first-order valence-corrected chi connectivity index (χ1v) is 9.52. The van der Waals surface area contributed by atoms with Gasteiger partial charge in [-0.25, -0.2) is 0 Å². The summed E-state index contributed by atoms with van der Waals surface area (Å²) in [5, 5.41) is 16.2. The Morgan fingerprint density at radius 2 is 2.00 bits per heavy atom. The molecule has 0 N–H and O–H groups in total. The second-order valence-electron chi connectivity index (χ2n) is 5.66. The molecule has 24 heavy (non-hydrogen) atoms. The van der Waals surface area contributed by atoms with E-state index in [1.807, 2.05) is 34.2 Å². The quantitative estimate of drug-likeness (QED) is 0.497. The second-order valence-corrected chi connectivity index (χ2v) is 7.60. The zero-order chi connectivity index (χ0) is 16.5. The molecule has 3 heterocycles. The number of hydrogen-bond donors (Lipinski definition) is 0. The van der Waals surface area contributed by atoms with Crippen LogP contribution in [0.1, 0.15) is 16.7 Å². The number of rotatable bonds is 4. The van der Waals surface area contributed by atoms with Crippen LogP contribution in [0.2, 0.25) is 0 Å². The molecule has 4 aromatic rings. The van der Waals surface area contributed by atoms with Crippen molar-refractivity contribution in [3.63, 3.8) is 0 Å². The molecule has 0 aliphatic rings. The third-order valence-electron chi connectivity index (χ3n) is 3.86. The first-order valence-electron chi connectivity index (χ1n) is 7.66. The minimum absolute atomic E-state index is 0.773. The molecule has 0 spiro atoms. The zero-order valence-electron chi connectivity index (χ0n) is 13.4. The van der Waals surface area contributed by atoms with Crippen molar-refractivity contribution in [2.24, 2.45) is 0 Å². The molecule has 0 radical (unpaired) electrons. The van der Waals surface area contributed by atoms with Crippen molar-refractivity contribution in [2.75, 3.05) is 0 Å². The van der Waals surface area contributed by atoms with Gasteiger partial charge in [-0.15, -0.1) is 21.5 Å². The summed E-state index contributed by atoms with van der Waals surface area (Å²) in [6.07, 6.45) is 0. The molecule has 4 rings (SSSR count). The number of aryl methyl sites for hydroxylation is 2. The smallest absolute Gasteiger partial charge is 0.191 e. The van der Waals surface area contributed by atoms with Crippen LogP contribution < -0.4 is 0 Å². The van der Waals surface area contributed by atoms with Crippen LogP contribution >= 0.6 is 23.1 Å². The Bertz CT molecular complexity index is 990. The molecule has 0 aliphatic carbocycles. The summed E-state index contributed by atoms with van der Waals surface area (Å²) in [5.74, 6) is 1.71. The number of fused-ring (bicyclic) bond motifs is 1. The Kier molecular flexibility index (Phi) is 4.08. The molecule has 120 valence electrons. The van der Waals surface area contributed by atoms with Crippen molar-refractivity contribution < 1.29 is 0 Å². The predicted molar refractivity (Wildman–Crippen MR) is 99.6 cm³/mol. The van der Waals surface area contributed by atoms with E-state index in [2.05, 4.69) is 42.2 Å². The van der Waals surface area contributed by atoms with Crippen LogP contribution in [0, 0.1) is 13.8 Å². The van der Waals surface area contributed by atoms with Crippen molar-refractivity contribution in [1.82, 2.24) is 19.8 Å². The molecule has 0 fully saturated rings. The van der Waals surface area contributed by atoms with Crippen LogP contribution in [0.25, 0.3) is 16.3 Å². The number of thioether (sulfide) groups is 1. The van der Waals surface area contributed by atoms with Gasteiger partial charge in [-0.3, -0.25) is 0 Å². The minimum atomic E-state index is 0.773. The van der Waals surface area contributed by atoms with Crippen LogP contribution in [0.3, 0.4) is 0 Å². The molecule has 4 nitrogen and oxygen atoms in total. The van der Waals surface area contributed by atoms with Crippen molar-refractivity contribution in [1.29, 1.82) is 0 Å². The summed E-state index contributed by atoms with van der Waals surface area (Å²) in [6.45, 7) is 4.28. The van der Waals surface area contributed by atoms with Gasteiger partial charge in [-0.2, -0.15) is 9.61 Å². The Labute approximate surface area is 148 Å². The van der Waals surface area contributed by atoms with E-state index < -0.39 is 0 Å². The fraction of sp³-hybridized carbons (Fsp3) is 0.167. The first-order chi connectivity index (χ1) is 11.7. The highest BCUT2D eigenvalue weighted by molar-refractivity contribution is 7.98. The van der Waals surface area contributed by atoms with E-state index in [-0.39, 0.29) is 0 Å². The SMILES string of the molecule is Cc1ccc(C)c(CSc2ccc3nnc(-c4cccs4)n3n2)c1. The molecule has 0 atom stereocenters. The van der Waals surface area contributed by atoms with E-state index in [0.717, 1.165) is 27.1 Å². The minimum Gasteiger partial charge on any atom is -0.191 e. The lowest BCUT2D eigenvalue weighted by Gasteiger charge is -2.07. The van der Waals surface area contributed by atoms with E-state index in [4.69, 9.17) is 5.10 Å². The number of hydrogen-bond acceptors (Lipinski definition) is 5. The Morgan fingerprint density at radius 1 is 1.08 bits per heavy atom. The predicted octanol–water partition coefficient (Wildman–Crippen LogP) is 4.76. The molecular weight excluding hydrogens is 336 g/mol. The second kappa shape index (κ2) is 6.37. The molecule has 1 aromatic carbocycles. The molecule has 0 saturated carbocycles. The highest BCUT2D eigenvalue weighted by Gasteiger charge is 2.11. The number of nitrogens with zero attached hydrogens (tertiary/aromatic N) is 4. The van der Waals surface area contributed by atoms with Gasteiger partial charge in [-0.1, -0.05) is 41.6 Å². The summed E-state index contributed by atoms with van der Waals surface area (Å²) >= 11 is 3.38. The lowest BCUT2D eigenvalue weighted by molar-refractivity contribution is 0.862. The first kappa shape index (κ1) is 15.4. The third kappa shape index (κ3) is 2.95. The summed E-state index contributed by atoms with van der Waals surface area (Å²) in [6, 6.07) is 14.6. The van der Waals surface area contributed by atoms with Gasteiger partial charge in [0.2, 0.25) is 0 Å². The van der Waals surface area contributed by atoms with Crippen molar-refractivity contribution >= 4 is 28.7 Å². The van der Waals surface area contributed by atoms with E-state index in [1.54, 1.807) is 23.1 Å². The van der Waals surface area contributed by atoms with Gasteiger partial charge in [0.15, 0.2) is 11.5 Å². The summed E-state index contributed by atoms with van der Waals surface area (Å²) < 4.78 is 1.83. The monoisotopic (exact) mass is 352 g/mol. The highest BCUT2D eigenvalue weighted by Crippen LogP contribution is 2.26. The summed E-state index contributed by atoms with van der Waals surface area (Å²) in [7, 11) is 0. The number of benzene rings is 1. The Morgan fingerprint density at radius 3 is 2.83 bits per heavy atom. The molecule has 0 unspecified atom stereocenters. The maximum absolute atomic E-state index is 4.72. The average Bonchev–Trinajstić information content (AvgIpc) is 3.24. The molecule has 0 bridgehead atoms. The van der Waals surface area contributed by atoms with Gasteiger partial charge in [0, 0.05) is 5.75 Å². The van der Waals surface area contributed by atoms with Gasteiger partial charge in [0.05, 0.1) is 4.88 Å². The fourth-order valence-electron chi connectivity index (χ4n) is 2.52. The van der Waals surface area contributed by atoms with Gasteiger partial charge in [0.1, 0.15) is 5.03 Å². The third-order valence-corrected chi connectivity index (χ3v) is 5.69. The largest absolute Gasteiger partial charge is 0.195 e. The number of thiophene rings is 1. The lowest BCUT2D eigenvalue weighted by atomic mass is 10.1. The molecule has 0 aliphatic heterocycles.